The van der Waals surface area contributed by atoms with Crippen molar-refractivity contribution in [2.24, 2.45) is 5.73 Å². The van der Waals surface area contributed by atoms with Crippen LogP contribution in [-0.2, 0) is 0 Å². The van der Waals surface area contributed by atoms with E-state index in [1.807, 2.05) is 37.3 Å². The van der Waals surface area contributed by atoms with Crippen molar-refractivity contribution in [1.29, 1.82) is 0 Å². The molecule has 0 aliphatic heterocycles. The third-order valence-electron chi connectivity index (χ3n) is 2.12. The fourth-order valence-electron chi connectivity index (χ4n) is 1.25. The van der Waals surface area contributed by atoms with E-state index in [-0.39, 0.29) is 6.04 Å². The van der Waals surface area contributed by atoms with Crippen molar-refractivity contribution in [2.75, 3.05) is 0 Å². The smallest absolute Gasteiger partial charge is 0.167 e. The SMILES string of the molecule is C[C@H](N)c1cc(-c2ccc(Cl)cc2)on1. The summed E-state index contributed by atoms with van der Waals surface area (Å²) in [4.78, 5) is 0. The first-order valence-corrected chi connectivity index (χ1v) is 5.03. The Morgan fingerprint density at radius 1 is 1.33 bits per heavy atom. The summed E-state index contributed by atoms with van der Waals surface area (Å²) in [5.74, 6) is 0.707. The molecule has 2 aromatic rings. The van der Waals surface area contributed by atoms with E-state index in [1.54, 1.807) is 0 Å². The van der Waals surface area contributed by atoms with Crippen LogP contribution in [0.5, 0.6) is 0 Å². The van der Waals surface area contributed by atoms with Gasteiger partial charge in [-0.3, -0.25) is 0 Å². The number of nitrogens with two attached hydrogens (primary N) is 1. The van der Waals surface area contributed by atoms with Crippen molar-refractivity contribution in [3.63, 3.8) is 0 Å². The zero-order valence-electron chi connectivity index (χ0n) is 8.27. The molecule has 2 rings (SSSR count). The maximum atomic E-state index is 5.79. The lowest BCUT2D eigenvalue weighted by molar-refractivity contribution is 0.419. The Kier molecular flexibility index (Phi) is 2.75. The van der Waals surface area contributed by atoms with Gasteiger partial charge in [-0.1, -0.05) is 16.8 Å². The number of rotatable bonds is 2. The lowest BCUT2D eigenvalue weighted by Gasteiger charge is -1.95. The summed E-state index contributed by atoms with van der Waals surface area (Å²) < 4.78 is 5.18. The number of benzene rings is 1. The maximum absolute atomic E-state index is 5.79. The Bertz CT molecular complexity index is 448. The van der Waals surface area contributed by atoms with Gasteiger partial charge in [0, 0.05) is 22.7 Å². The summed E-state index contributed by atoms with van der Waals surface area (Å²) in [6.07, 6.45) is 0. The van der Waals surface area contributed by atoms with Crippen LogP contribution >= 0.6 is 11.6 Å². The highest BCUT2D eigenvalue weighted by Gasteiger charge is 2.09. The fraction of sp³-hybridized carbons (Fsp3) is 0.182. The molecule has 0 aliphatic carbocycles. The predicted molar refractivity (Wildman–Crippen MR) is 59.6 cm³/mol. The molecule has 0 spiro atoms. The topological polar surface area (TPSA) is 52.0 Å². The van der Waals surface area contributed by atoms with E-state index in [0.29, 0.717) is 10.8 Å². The summed E-state index contributed by atoms with van der Waals surface area (Å²) in [5.41, 5.74) is 7.38. The van der Waals surface area contributed by atoms with Gasteiger partial charge in [0.15, 0.2) is 5.76 Å². The molecule has 15 heavy (non-hydrogen) atoms. The van der Waals surface area contributed by atoms with Crippen LogP contribution in [0.3, 0.4) is 0 Å². The van der Waals surface area contributed by atoms with Crippen LogP contribution in [-0.4, -0.2) is 5.16 Å². The molecule has 0 saturated carbocycles. The molecular weight excluding hydrogens is 212 g/mol. The largest absolute Gasteiger partial charge is 0.356 e. The van der Waals surface area contributed by atoms with Crippen LogP contribution in [0.15, 0.2) is 34.9 Å². The van der Waals surface area contributed by atoms with E-state index in [4.69, 9.17) is 21.9 Å². The van der Waals surface area contributed by atoms with E-state index in [0.717, 1.165) is 11.3 Å². The van der Waals surface area contributed by atoms with Gasteiger partial charge in [-0.05, 0) is 31.2 Å². The van der Waals surface area contributed by atoms with Crippen molar-refractivity contribution < 1.29 is 4.52 Å². The van der Waals surface area contributed by atoms with Crippen LogP contribution in [0.4, 0.5) is 0 Å². The molecule has 2 N–H and O–H groups in total. The lowest BCUT2D eigenvalue weighted by Crippen LogP contribution is -2.04. The number of halogens is 1. The van der Waals surface area contributed by atoms with Gasteiger partial charge in [-0.15, -0.1) is 0 Å². The van der Waals surface area contributed by atoms with E-state index < -0.39 is 0 Å². The highest BCUT2D eigenvalue weighted by Crippen LogP contribution is 2.23. The summed E-state index contributed by atoms with van der Waals surface area (Å²) >= 11 is 5.79. The van der Waals surface area contributed by atoms with Gasteiger partial charge >= 0.3 is 0 Å². The van der Waals surface area contributed by atoms with Crippen molar-refractivity contribution >= 4 is 11.6 Å². The molecule has 4 heteroatoms. The first-order chi connectivity index (χ1) is 7.16. The molecule has 0 unspecified atom stereocenters. The summed E-state index contributed by atoms with van der Waals surface area (Å²) in [6, 6.07) is 9.11. The standard InChI is InChI=1S/C11H11ClN2O/c1-7(13)10-6-11(15-14-10)8-2-4-9(12)5-3-8/h2-7H,13H2,1H3/t7-/m0/s1. The van der Waals surface area contributed by atoms with Crippen molar-refractivity contribution in [2.45, 2.75) is 13.0 Å². The quantitative estimate of drug-likeness (QED) is 0.850. The van der Waals surface area contributed by atoms with Gasteiger partial charge < -0.3 is 10.3 Å². The molecule has 1 atom stereocenters. The number of hydrogen-bond acceptors (Lipinski definition) is 3. The average Bonchev–Trinajstić information content (AvgIpc) is 2.68. The Morgan fingerprint density at radius 3 is 2.53 bits per heavy atom. The molecule has 1 aromatic heterocycles. The second-order valence-electron chi connectivity index (χ2n) is 3.41. The molecule has 0 radical (unpaired) electrons. The highest BCUT2D eigenvalue weighted by atomic mass is 35.5. The molecule has 0 amide bonds. The van der Waals surface area contributed by atoms with Crippen molar-refractivity contribution in [3.8, 4) is 11.3 Å². The zero-order chi connectivity index (χ0) is 10.8. The van der Waals surface area contributed by atoms with Crippen LogP contribution < -0.4 is 5.73 Å². The molecule has 0 fully saturated rings. The minimum absolute atomic E-state index is 0.116. The van der Waals surface area contributed by atoms with Crippen LogP contribution in [0, 0.1) is 0 Å². The molecule has 0 saturated heterocycles. The molecule has 3 nitrogen and oxygen atoms in total. The first-order valence-electron chi connectivity index (χ1n) is 4.65. The number of hydrogen-bond donors (Lipinski definition) is 1. The second kappa shape index (κ2) is 4.04. The average molecular weight is 223 g/mol. The van der Waals surface area contributed by atoms with E-state index in [1.165, 1.54) is 0 Å². The van der Waals surface area contributed by atoms with E-state index >= 15 is 0 Å². The molecule has 1 heterocycles. The van der Waals surface area contributed by atoms with Crippen molar-refractivity contribution in [1.82, 2.24) is 5.16 Å². The Labute approximate surface area is 92.8 Å². The third-order valence-corrected chi connectivity index (χ3v) is 2.38. The van der Waals surface area contributed by atoms with Gasteiger partial charge in [0.05, 0.1) is 0 Å². The zero-order valence-corrected chi connectivity index (χ0v) is 9.03. The summed E-state index contributed by atoms with van der Waals surface area (Å²) in [5, 5.41) is 4.58. The van der Waals surface area contributed by atoms with Crippen LogP contribution in [0.25, 0.3) is 11.3 Å². The molecule has 78 valence electrons. The minimum atomic E-state index is -0.116. The number of nitrogens with zero attached hydrogens (tertiary/aromatic N) is 1. The second-order valence-corrected chi connectivity index (χ2v) is 3.85. The van der Waals surface area contributed by atoms with Crippen LogP contribution in [0.2, 0.25) is 5.02 Å². The molecule has 0 bridgehead atoms. The normalized spacial score (nSPS) is 12.7. The lowest BCUT2D eigenvalue weighted by atomic mass is 10.1. The van der Waals surface area contributed by atoms with Gasteiger partial charge in [0.2, 0.25) is 0 Å². The van der Waals surface area contributed by atoms with Crippen molar-refractivity contribution in [3.05, 3.63) is 41.0 Å². The third kappa shape index (κ3) is 2.19. The van der Waals surface area contributed by atoms with Gasteiger partial charge in [0.25, 0.3) is 0 Å². The summed E-state index contributed by atoms with van der Waals surface area (Å²) in [6.45, 7) is 1.86. The van der Waals surface area contributed by atoms with Gasteiger partial charge in [-0.25, -0.2) is 0 Å². The van der Waals surface area contributed by atoms with Gasteiger partial charge in [0.1, 0.15) is 5.69 Å². The number of aromatic nitrogens is 1. The van der Waals surface area contributed by atoms with Crippen LogP contribution in [0.1, 0.15) is 18.7 Å². The Morgan fingerprint density at radius 2 is 2.00 bits per heavy atom. The summed E-state index contributed by atoms with van der Waals surface area (Å²) in [7, 11) is 0. The molecule has 1 aromatic carbocycles. The monoisotopic (exact) mass is 222 g/mol. The Balaban J connectivity index is 2.33. The predicted octanol–water partition coefficient (Wildman–Crippen LogP) is 3.01. The molecular formula is C11H11ClN2O. The van der Waals surface area contributed by atoms with Gasteiger partial charge in [-0.2, -0.15) is 0 Å². The first kappa shape index (κ1) is 10.2. The molecule has 0 aliphatic rings. The van der Waals surface area contributed by atoms with E-state index in [2.05, 4.69) is 5.16 Å². The fourth-order valence-corrected chi connectivity index (χ4v) is 1.38. The highest BCUT2D eigenvalue weighted by molar-refractivity contribution is 6.30. The van der Waals surface area contributed by atoms with E-state index in [9.17, 15) is 0 Å². The Hall–Kier alpha value is -1.32. The maximum Gasteiger partial charge on any atom is 0.167 e. The minimum Gasteiger partial charge on any atom is -0.356 e.